The van der Waals surface area contributed by atoms with E-state index in [2.05, 4.69) is 19.2 Å². The van der Waals surface area contributed by atoms with Crippen LogP contribution in [0.3, 0.4) is 0 Å². The van der Waals surface area contributed by atoms with E-state index in [0.29, 0.717) is 6.42 Å². The van der Waals surface area contributed by atoms with E-state index < -0.39 is 12.1 Å². The summed E-state index contributed by atoms with van der Waals surface area (Å²) in [5.74, 6) is -0.0605. The number of carbonyl (C=O) groups excluding carboxylic acids is 1. The maximum absolute atomic E-state index is 12.3. The van der Waals surface area contributed by atoms with Crippen LogP contribution >= 0.6 is 0 Å². The second kappa shape index (κ2) is 38.6. The molecule has 0 heterocycles. The summed E-state index contributed by atoms with van der Waals surface area (Å²) in [7, 11) is 0. The van der Waals surface area contributed by atoms with Crippen molar-refractivity contribution in [2.75, 3.05) is 6.61 Å². The summed E-state index contributed by atoms with van der Waals surface area (Å²) in [6.07, 6.45) is 47.4. The Hall–Kier alpha value is -0.870. The number of nitrogens with one attached hydrogen (secondary N) is 1. The van der Waals surface area contributed by atoms with Crippen LogP contribution in [0.15, 0.2) is 12.2 Å². The van der Waals surface area contributed by atoms with Crippen LogP contribution in [-0.2, 0) is 4.79 Å². The molecule has 0 aliphatic rings. The lowest BCUT2D eigenvalue weighted by Gasteiger charge is -2.20. The van der Waals surface area contributed by atoms with Gasteiger partial charge in [-0.2, -0.15) is 0 Å². The zero-order valence-electron chi connectivity index (χ0n) is 31.4. The SMILES string of the molecule is CCCCCCCCCCCCCCCCCC/C=C/C(O)C(CO)NC(=O)CCCCCCCCCCCCCCCCCC. The Morgan fingerprint density at radius 2 is 0.804 bits per heavy atom. The molecule has 2 unspecified atom stereocenters. The Kier molecular flexibility index (Phi) is 37.8. The fraction of sp³-hybridized carbons (Fsp3) is 0.929. The van der Waals surface area contributed by atoms with Crippen molar-refractivity contribution in [2.45, 2.75) is 244 Å². The van der Waals surface area contributed by atoms with Crippen LogP contribution < -0.4 is 5.32 Å². The summed E-state index contributed by atoms with van der Waals surface area (Å²) in [6, 6.07) is -0.615. The fourth-order valence-corrected chi connectivity index (χ4v) is 6.53. The predicted octanol–water partition coefficient (Wildman–Crippen LogP) is 12.7. The zero-order chi connectivity index (χ0) is 33.6. The molecule has 3 N–H and O–H groups in total. The minimum absolute atomic E-state index is 0.0605. The Balaban J connectivity index is 3.55. The summed E-state index contributed by atoms with van der Waals surface area (Å²) in [5.41, 5.74) is 0. The number of hydrogen-bond donors (Lipinski definition) is 3. The van der Waals surface area contributed by atoms with Gasteiger partial charge in [-0.1, -0.05) is 219 Å². The van der Waals surface area contributed by atoms with E-state index in [4.69, 9.17) is 0 Å². The molecule has 0 bridgehead atoms. The van der Waals surface area contributed by atoms with Crippen LogP contribution in [0.25, 0.3) is 0 Å². The molecule has 1 amide bonds. The van der Waals surface area contributed by atoms with Crippen molar-refractivity contribution in [3.63, 3.8) is 0 Å². The molecule has 46 heavy (non-hydrogen) atoms. The predicted molar refractivity (Wildman–Crippen MR) is 202 cm³/mol. The summed E-state index contributed by atoms with van der Waals surface area (Å²) in [6.45, 7) is 4.32. The Labute approximate surface area is 288 Å². The van der Waals surface area contributed by atoms with Gasteiger partial charge in [0.2, 0.25) is 5.91 Å². The third-order valence-electron chi connectivity index (χ3n) is 9.77. The lowest BCUT2D eigenvalue weighted by Crippen LogP contribution is -2.45. The molecule has 0 aliphatic heterocycles. The molecule has 4 nitrogen and oxygen atoms in total. The standard InChI is InChI=1S/C42H83NO3/c1-3-5-7-9-11-13-15-17-19-21-22-23-25-27-29-31-33-35-37-41(45)40(39-44)43-42(46)38-36-34-32-30-28-26-24-20-18-16-14-12-10-8-6-4-2/h35,37,40-41,44-45H,3-34,36,38-39H2,1-2H3,(H,43,46)/b37-35+. The Morgan fingerprint density at radius 3 is 1.13 bits per heavy atom. The smallest absolute Gasteiger partial charge is 0.220 e. The molecule has 0 saturated heterocycles. The highest BCUT2D eigenvalue weighted by Gasteiger charge is 2.17. The molecule has 274 valence electrons. The highest BCUT2D eigenvalue weighted by Crippen LogP contribution is 2.16. The van der Waals surface area contributed by atoms with Gasteiger partial charge in [0.15, 0.2) is 0 Å². The molecule has 0 fully saturated rings. The van der Waals surface area contributed by atoms with Crippen LogP contribution in [0.4, 0.5) is 0 Å². The molecule has 0 aromatic rings. The first-order valence-electron chi connectivity index (χ1n) is 20.9. The van der Waals surface area contributed by atoms with Gasteiger partial charge in [-0.25, -0.2) is 0 Å². The first-order chi connectivity index (χ1) is 22.7. The molecule has 0 aromatic carbocycles. The average molecular weight is 650 g/mol. The molecule has 0 radical (unpaired) electrons. The number of aliphatic hydroxyl groups is 2. The van der Waals surface area contributed by atoms with Gasteiger partial charge in [0.05, 0.1) is 18.8 Å². The van der Waals surface area contributed by atoms with Crippen molar-refractivity contribution < 1.29 is 15.0 Å². The van der Waals surface area contributed by atoms with E-state index >= 15 is 0 Å². The number of amides is 1. The molecular formula is C42H83NO3. The number of aliphatic hydroxyl groups excluding tert-OH is 2. The minimum Gasteiger partial charge on any atom is -0.394 e. The van der Waals surface area contributed by atoms with Crippen molar-refractivity contribution in [2.24, 2.45) is 0 Å². The Bertz CT molecular complexity index is 622. The van der Waals surface area contributed by atoms with E-state index in [1.54, 1.807) is 6.08 Å². The highest BCUT2D eigenvalue weighted by molar-refractivity contribution is 5.76. The molecular weight excluding hydrogens is 566 g/mol. The highest BCUT2D eigenvalue weighted by atomic mass is 16.3. The van der Waals surface area contributed by atoms with Crippen LogP contribution in [0.5, 0.6) is 0 Å². The van der Waals surface area contributed by atoms with Crippen molar-refractivity contribution in [1.82, 2.24) is 5.32 Å². The first kappa shape index (κ1) is 45.1. The number of carbonyl (C=O) groups is 1. The summed E-state index contributed by atoms with van der Waals surface area (Å²) in [5, 5.41) is 23.0. The number of hydrogen-bond acceptors (Lipinski definition) is 3. The van der Waals surface area contributed by atoms with Gasteiger partial charge < -0.3 is 15.5 Å². The average Bonchev–Trinajstić information content (AvgIpc) is 3.06. The maximum atomic E-state index is 12.3. The van der Waals surface area contributed by atoms with Gasteiger partial charge in [0.1, 0.15) is 0 Å². The minimum atomic E-state index is -0.833. The van der Waals surface area contributed by atoms with E-state index in [9.17, 15) is 15.0 Å². The van der Waals surface area contributed by atoms with Crippen LogP contribution in [0, 0.1) is 0 Å². The first-order valence-corrected chi connectivity index (χ1v) is 20.9. The lowest BCUT2D eigenvalue weighted by molar-refractivity contribution is -0.123. The van der Waals surface area contributed by atoms with E-state index in [-0.39, 0.29) is 12.5 Å². The maximum Gasteiger partial charge on any atom is 0.220 e. The number of unbranched alkanes of at least 4 members (excludes halogenated alkanes) is 31. The molecule has 0 aliphatic carbocycles. The van der Waals surface area contributed by atoms with Crippen LogP contribution in [0.1, 0.15) is 232 Å². The van der Waals surface area contributed by atoms with Crippen LogP contribution in [0.2, 0.25) is 0 Å². The second-order valence-electron chi connectivity index (χ2n) is 14.4. The third-order valence-corrected chi connectivity index (χ3v) is 9.77. The van der Waals surface area contributed by atoms with E-state index in [0.717, 1.165) is 25.7 Å². The molecule has 0 spiro atoms. The quantitative estimate of drug-likeness (QED) is 0.0460. The molecule has 4 heteroatoms. The molecule has 0 saturated carbocycles. The van der Waals surface area contributed by atoms with Gasteiger partial charge in [0.25, 0.3) is 0 Å². The molecule has 2 atom stereocenters. The monoisotopic (exact) mass is 650 g/mol. The topological polar surface area (TPSA) is 69.6 Å². The van der Waals surface area contributed by atoms with Gasteiger partial charge in [0, 0.05) is 6.42 Å². The number of rotatable bonds is 38. The van der Waals surface area contributed by atoms with E-state index in [1.165, 1.54) is 186 Å². The van der Waals surface area contributed by atoms with E-state index in [1.807, 2.05) is 6.08 Å². The van der Waals surface area contributed by atoms with Gasteiger partial charge in [-0.3, -0.25) is 4.79 Å². The molecule has 0 rings (SSSR count). The summed E-state index contributed by atoms with van der Waals surface area (Å²) in [4.78, 5) is 12.3. The largest absolute Gasteiger partial charge is 0.394 e. The van der Waals surface area contributed by atoms with Crippen LogP contribution in [-0.4, -0.2) is 34.9 Å². The fourth-order valence-electron chi connectivity index (χ4n) is 6.53. The van der Waals surface area contributed by atoms with Crippen molar-refractivity contribution in [3.05, 3.63) is 12.2 Å². The number of allylic oxidation sites excluding steroid dienone is 1. The van der Waals surface area contributed by atoms with Gasteiger partial charge in [-0.05, 0) is 19.3 Å². The van der Waals surface area contributed by atoms with Crippen molar-refractivity contribution in [3.8, 4) is 0 Å². The van der Waals surface area contributed by atoms with Gasteiger partial charge >= 0.3 is 0 Å². The Morgan fingerprint density at radius 1 is 0.500 bits per heavy atom. The molecule has 0 aromatic heterocycles. The summed E-state index contributed by atoms with van der Waals surface area (Å²) >= 11 is 0. The van der Waals surface area contributed by atoms with Gasteiger partial charge in [-0.15, -0.1) is 0 Å². The van der Waals surface area contributed by atoms with Crippen molar-refractivity contribution in [1.29, 1.82) is 0 Å². The zero-order valence-corrected chi connectivity index (χ0v) is 31.4. The lowest BCUT2D eigenvalue weighted by atomic mass is 10.0. The third kappa shape index (κ3) is 34.5. The normalized spacial score (nSPS) is 13.0. The second-order valence-corrected chi connectivity index (χ2v) is 14.4. The summed E-state index contributed by atoms with van der Waals surface area (Å²) < 4.78 is 0. The van der Waals surface area contributed by atoms with Crippen molar-refractivity contribution >= 4 is 5.91 Å².